The molecule has 0 saturated carbocycles. The molecule has 29 heavy (non-hydrogen) atoms. The fourth-order valence-corrected chi connectivity index (χ4v) is 4.94. The van der Waals surface area contributed by atoms with Crippen molar-refractivity contribution in [1.29, 1.82) is 0 Å². The Kier molecular flexibility index (Phi) is 6.73. The molecule has 1 aliphatic rings. The molecule has 8 heteroatoms. The number of halogens is 2. The smallest absolute Gasteiger partial charge is 0.264 e. The normalized spacial score (nSPS) is 16.3. The first-order valence-corrected chi connectivity index (χ1v) is 12.3. The molecule has 1 unspecified atom stereocenters. The van der Waals surface area contributed by atoms with E-state index < -0.39 is 10.1 Å². The highest BCUT2D eigenvalue weighted by Gasteiger charge is 2.34. The van der Waals surface area contributed by atoms with E-state index in [2.05, 4.69) is 34.7 Å². The van der Waals surface area contributed by atoms with Crippen LogP contribution < -0.4 is 4.90 Å². The van der Waals surface area contributed by atoms with Gasteiger partial charge < -0.3 is 4.90 Å². The van der Waals surface area contributed by atoms with Crippen LogP contribution in [0, 0.1) is 0 Å². The Morgan fingerprint density at radius 1 is 1.28 bits per heavy atom. The molecule has 5 nitrogen and oxygen atoms in total. The minimum Gasteiger partial charge on any atom is -0.362 e. The van der Waals surface area contributed by atoms with E-state index in [1.807, 2.05) is 24.3 Å². The van der Waals surface area contributed by atoms with Crippen molar-refractivity contribution in [2.45, 2.75) is 38.8 Å². The number of carbonyl (C=O) groups excluding carboxylic acids is 1. The maximum Gasteiger partial charge on any atom is 0.264 e. The molecule has 0 radical (unpaired) electrons. The van der Waals surface area contributed by atoms with Crippen molar-refractivity contribution in [2.75, 3.05) is 17.8 Å². The lowest BCUT2D eigenvalue weighted by molar-refractivity contribution is 0.0993. The zero-order valence-electron chi connectivity index (χ0n) is 16.5. The second-order valence-electron chi connectivity index (χ2n) is 7.54. The molecule has 0 N–H and O–H groups in total. The van der Waals surface area contributed by atoms with Gasteiger partial charge in [0.25, 0.3) is 10.1 Å². The molecule has 2 aromatic rings. The number of benzene rings is 2. The molecule has 0 fully saturated rings. The van der Waals surface area contributed by atoms with Crippen LogP contribution >= 0.6 is 27.5 Å². The summed E-state index contributed by atoms with van der Waals surface area (Å²) in [6.45, 7) is 4.18. The number of rotatable bonds is 7. The van der Waals surface area contributed by atoms with E-state index in [-0.39, 0.29) is 30.9 Å². The van der Waals surface area contributed by atoms with Gasteiger partial charge >= 0.3 is 0 Å². The summed E-state index contributed by atoms with van der Waals surface area (Å²) in [5.74, 6) is 0.0164. The van der Waals surface area contributed by atoms with E-state index in [4.69, 9.17) is 15.8 Å². The van der Waals surface area contributed by atoms with Crippen molar-refractivity contribution >= 4 is 49.1 Å². The van der Waals surface area contributed by atoms with E-state index in [1.54, 1.807) is 12.1 Å². The van der Waals surface area contributed by atoms with E-state index in [1.165, 1.54) is 0 Å². The quantitative estimate of drug-likeness (QED) is 0.409. The molecule has 1 aliphatic heterocycles. The Labute approximate surface area is 185 Å². The fraction of sp³-hybridized carbons (Fsp3) is 0.381. The lowest BCUT2D eigenvalue weighted by Gasteiger charge is -2.31. The molecule has 0 amide bonds. The Balaban J connectivity index is 1.86. The van der Waals surface area contributed by atoms with Gasteiger partial charge in [0, 0.05) is 27.5 Å². The van der Waals surface area contributed by atoms with Crippen LogP contribution in [-0.2, 0) is 27.1 Å². The molecule has 0 aliphatic carbocycles. The fourth-order valence-electron chi connectivity index (χ4n) is 3.71. The maximum atomic E-state index is 12.8. The van der Waals surface area contributed by atoms with E-state index in [0.717, 1.165) is 27.5 Å². The Morgan fingerprint density at radius 3 is 2.52 bits per heavy atom. The summed E-state index contributed by atoms with van der Waals surface area (Å²) in [5.41, 5.74) is 3.53. The van der Waals surface area contributed by atoms with Crippen LogP contribution in [0.2, 0.25) is 5.02 Å². The molecule has 2 aromatic carbocycles. The Hall–Kier alpha value is -1.41. The summed E-state index contributed by atoms with van der Waals surface area (Å²) in [7, 11) is -3.52. The van der Waals surface area contributed by atoms with Crippen LogP contribution in [0.1, 0.15) is 35.3 Å². The predicted molar refractivity (Wildman–Crippen MR) is 120 cm³/mol. The van der Waals surface area contributed by atoms with Crippen LogP contribution in [0.5, 0.6) is 0 Å². The van der Waals surface area contributed by atoms with Crippen molar-refractivity contribution in [3.05, 3.63) is 62.6 Å². The van der Waals surface area contributed by atoms with E-state index in [0.29, 0.717) is 17.0 Å². The minimum absolute atomic E-state index is 0.0164. The SMILES string of the molecule is CC(C)N1c2c(Br)cc(C(=O)Cc3ccc(Cl)cc3)cc2CC1COS(C)(=O)=O. The molecule has 0 spiro atoms. The zero-order chi connectivity index (χ0) is 21.3. The first-order valence-electron chi connectivity index (χ1n) is 9.28. The first-order chi connectivity index (χ1) is 13.5. The number of fused-ring (bicyclic) bond motifs is 1. The Morgan fingerprint density at radius 2 is 1.93 bits per heavy atom. The summed E-state index contributed by atoms with van der Waals surface area (Å²) in [4.78, 5) is 15.0. The zero-order valence-corrected chi connectivity index (χ0v) is 19.6. The summed E-state index contributed by atoms with van der Waals surface area (Å²) >= 11 is 9.53. The second-order valence-corrected chi connectivity index (χ2v) is 10.5. The van der Waals surface area contributed by atoms with Crippen molar-refractivity contribution in [1.82, 2.24) is 0 Å². The average molecular weight is 501 g/mol. The molecule has 0 bridgehead atoms. The number of carbonyl (C=O) groups is 1. The molecule has 1 atom stereocenters. The maximum absolute atomic E-state index is 12.8. The van der Waals surface area contributed by atoms with Crippen molar-refractivity contribution in [3.63, 3.8) is 0 Å². The number of nitrogens with zero attached hydrogens (tertiary/aromatic N) is 1. The highest BCUT2D eigenvalue weighted by atomic mass is 79.9. The average Bonchev–Trinajstić information content (AvgIpc) is 3.00. The number of hydrogen-bond donors (Lipinski definition) is 0. The topological polar surface area (TPSA) is 63.7 Å². The van der Waals surface area contributed by atoms with Crippen LogP contribution in [0.25, 0.3) is 0 Å². The van der Waals surface area contributed by atoms with Crippen LogP contribution in [-0.4, -0.2) is 39.1 Å². The number of Topliss-reactive ketones (excluding diaryl/α,β-unsaturated/α-hetero) is 1. The first kappa shape index (κ1) is 22.3. The van der Waals surface area contributed by atoms with E-state index >= 15 is 0 Å². The van der Waals surface area contributed by atoms with Gasteiger partial charge in [0.05, 0.1) is 24.6 Å². The lowest BCUT2D eigenvalue weighted by Crippen LogP contribution is -2.41. The number of hydrogen-bond acceptors (Lipinski definition) is 5. The van der Waals surface area contributed by atoms with Gasteiger partial charge in [-0.25, -0.2) is 0 Å². The third-order valence-electron chi connectivity index (χ3n) is 4.88. The summed E-state index contributed by atoms with van der Waals surface area (Å²) in [5, 5.41) is 0.637. The largest absolute Gasteiger partial charge is 0.362 e. The highest BCUT2D eigenvalue weighted by Crippen LogP contribution is 2.41. The molecule has 156 valence electrons. The van der Waals surface area contributed by atoms with Gasteiger partial charge in [0.15, 0.2) is 5.78 Å². The van der Waals surface area contributed by atoms with Crippen molar-refractivity contribution < 1.29 is 17.4 Å². The molecule has 1 heterocycles. The van der Waals surface area contributed by atoms with Gasteiger partial charge in [0.1, 0.15) is 0 Å². The van der Waals surface area contributed by atoms with Gasteiger partial charge in [-0.2, -0.15) is 8.42 Å². The molecule has 0 saturated heterocycles. The van der Waals surface area contributed by atoms with Crippen LogP contribution in [0.4, 0.5) is 5.69 Å². The lowest BCUT2D eigenvalue weighted by atomic mass is 10.00. The van der Waals surface area contributed by atoms with Gasteiger partial charge in [-0.05, 0) is 71.6 Å². The minimum atomic E-state index is -3.52. The predicted octanol–water partition coefficient (Wildman–Crippen LogP) is 4.64. The summed E-state index contributed by atoms with van der Waals surface area (Å²) in [6.07, 6.45) is 1.96. The monoisotopic (exact) mass is 499 g/mol. The van der Waals surface area contributed by atoms with Crippen molar-refractivity contribution in [3.8, 4) is 0 Å². The van der Waals surface area contributed by atoms with Gasteiger partial charge in [-0.3, -0.25) is 8.98 Å². The van der Waals surface area contributed by atoms with Crippen molar-refractivity contribution in [2.24, 2.45) is 0 Å². The summed E-state index contributed by atoms with van der Waals surface area (Å²) in [6, 6.07) is 11.0. The van der Waals surface area contributed by atoms with Gasteiger partial charge in [-0.15, -0.1) is 0 Å². The van der Waals surface area contributed by atoms with Crippen LogP contribution in [0.3, 0.4) is 0 Å². The number of ketones is 1. The van der Waals surface area contributed by atoms with Gasteiger partial charge in [0.2, 0.25) is 0 Å². The van der Waals surface area contributed by atoms with E-state index in [9.17, 15) is 13.2 Å². The third-order valence-corrected chi connectivity index (χ3v) is 6.30. The second kappa shape index (κ2) is 8.76. The molecular weight excluding hydrogens is 478 g/mol. The molecular formula is C21H23BrClNO4S. The summed E-state index contributed by atoms with van der Waals surface area (Å²) < 4.78 is 28.8. The number of anilines is 1. The van der Waals surface area contributed by atoms with Crippen LogP contribution in [0.15, 0.2) is 40.9 Å². The molecule has 3 rings (SSSR count). The highest BCUT2D eigenvalue weighted by molar-refractivity contribution is 9.10. The van der Waals surface area contributed by atoms with Gasteiger partial charge in [-0.1, -0.05) is 23.7 Å². The third kappa shape index (κ3) is 5.40. The molecule has 0 aromatic heterocycles. The Bertz CT molecular complexity index is 1020. The standard InChI is InChI=1S/C21H23BrClNO4S/c1-13(2)24-18(12-28-29(3,26)27)10-16-9-15(11-19(22)21(16)24)20(25)8-14-4-6-17(23)7-5-14/h4-7,9,11,13,18H,8,10,12H2,1-3H3.